The van der Waals surface area contributed by atoms with Gasteiger partial charge < -0.3 is 10.4 Å². The van der Waals surface area contributed by atoms with Crippen molar-refractivity contribution in [1.29, 1.82) is 0 Å². The highest BCUT2D eigenvalue weighted by molar-refractivity contribution is 7.98. The van der Waals surface area contributed by atoms with Crippen molar-refractivity contribution in [3.63, 3.8) is 0 Å². The van der Waals surface area contributed by atoms with Crippen LogP contribution in [0.4, 0.5) is 0 Å². The molecular formula is C12H23NOS. The average molecular weight is 229 g/mol. The number of nitrogens with one attached hydrogen (secondary N) is 1. The first-order valence-electron chi connectivity index (χ1n) is 5.85. The number of hydrogen-bond acceptors (Lipinski definition) is 3. The fourth-order valence-corrected chi connectivity index (χ4v) is 2.66. The van der Waals surface area contributed by atoms with Crippen molar-refractivity contribution in [1.82, 2.24) is 5.32 Å². The van der Waals surface area contributed by atoms with Crippen molar-refractivity contribution in [3.05, 3.63) is 12.2 Å². The first-order chi connectivity index (χ1) is 7.36. The summed E-state index contributed by atoms with van der Waals surface area (Å²) in [6, 6.07) is 0.482. The fourth-order valence-electron chi connectivity index (χ4n) is 1.98. The Balaban J connectivity index is 2.16. The molecule has 0 aromatic carbocycles. The molecule has 0 aromatic rings. The minimum absolute atomic E-state index is 0.294. The molecule has 1 aliphatic rings. The summed E-state index contributed by atoms with van der Waals surface area (Å²) in [7, 11) is 0. The molecule has 88 valence electrons. The summed E-state index contributed by atoms with van der Waals surface area (Å²) in [6.07, 6.45) is 11.3. The van der Waals surface area contributed by atoms with Crippen LogP contribution in [-0.4, -0.2) is 36.3 Å². The maximum absolute atomic E-state index is 8.94. The van der Waals surface area contributed by atoms with E-state index in [-0.39, 0.29) is 0 Å². The summed E-state index contributed by atoms with van der Waals surface area (Å²) in [5.74, 6) is 1.90. The highest BCUT2D eigenvalue weighted by atomic mass is 32.2. The van der Waals surface area contributed by atoms with Crippen LogP contribution in [0.5, 0.6) is 0 Å². The second-order valence-electron chi connectivity index (χ2n) is 4.22. The molecule has 0 aromatic heterocycles. The van der Waals surface area contributed by atoms with Crippen LogP contribution in [0, 0.1) is 5.92 Å². The lowest BCUT2D eigenvalue weighted by Crippen LogP contribution is -2.36. The molecule has 2 atom stereocenters. The summed E-state index contributed by atoms with van der Waals surface area (Å²) in [5, 5.41) is 12.5. The van der Waals surface area contributed by atoms with Crippen LogP contribution in [0.3, 0.4) is 0 Å². The zero-order valence-electron chi connectivity index (χ0n) is 9.61. The van der Waals surface area contributed by atoms with E-state index in [2.05, 4.69) is 23.7 Å². The van der Waals surface area contributed by atoms with Crippen molar-refractivity contribution in [2.75, 3.05) is 25.2 Å². The van der Waals surface area contributed by atoms with Crippen molar-refractivity contribution < 1.29 is 5.11 Å². The Labute approximate surface area is 97.5 Å². The molecule has 0 bridgehead atoms. The summed E-state index contributed by atoms with van der Waals surface area (Å²) in [5.41, 5.74) is 0. The molecule has 1 rings (SSSR count). The van der Waals surface area contributed by atoms with Crippen molar-refractivity contribution in [2.24, 2.45) is 5.92 Å². The van der Waals surface area contributed by atoms with E-state index in [1.807, 2.05) is 11.8 Å². The fraction of sp³-hybridized carbons (Fsp3) is 0.833. The molecule has 0 heterocycles. The lowest BCUT2D eigenvalue weighted by atomic mass is 9.94. The molecule has 0 spiro atoms. The van der Waals surface area contributed by atoms with Crippen LogP contribution >= 0.6 is 11.8 Å². The van der Waals surface area contributed by atoms with Gasteiger partial charge in [-0.1, -0.05) is 12.2 Å². The molecule has 2 N–H and O–H groups in total. The van der Waals surface area contributed by atoms with E-state index >= 15 is 0 Å². The van der Waals surface area contributed by atoms with E-state index in [9.17, 15) is 0 Å². The molecule has 0 saturated carbocycles. The summed E-state index contributed by atoms with van der Waals surface area (Å²) < 4.78 is 0. The third kappa shape index (κ3) is 5.59. The Morgan fingerprint density at radius 2 is 2.40 bits per heavy atom. The standard InChI is InChI=1S/C12H23NOS/c1-15-10-12(7-8-14)13-9-11-5-3-2-4-6-11/h2-3,11-14H,4-10H2,1H3. The van der Waals surface area contributed by atoms with E-state index in [1.165, 1.54) is 19.3 Å². The minimum atomic E-state index is 0.294. The molecule has 2 nitrogen and oxygen atoms in total. The summed E-state index contributed by atoms with van der Waals surface area (Å²) >= 11 is 1.85. The van der Waals surface area contributed by atoms with Gasteiger partial charge in [0.15, 0.2) is 0 Å². The summed E-state index contributed by atoms with van der Waals surface area (Å²) in [6.45, 7) is 1.40. The van der Waals surface area contributed by atoms with E-state index < -0.39 is 0 Å². The van der Waals surface area contributed by atoms with Gasteiger partial charge in [0.2, 0.25) is 0 Å². The van der Waals surface area contributed by atoms with Gasteiger partial charge in [0.05, 0.1) is 0 Å². The van der Waals surface area contributed by atoms with Gasteiger partial charge in [0.25, 0.3) is 0 Å². The number of allylic oxidation sites excluding steroid dienone is 2. The largest absolute Gasteiger partial charge is 0.396 e. The van der Waals surface area contributed by atoms with E-state index in [1.54, 1.807) is 0 Å². The Kier molecular flexibility index (Phi) is 7.14. The zero-order chi connectivity index (χ0) is 10.9. The highest BCUT2D eigenvalue weighted by Gasteiger charge is 2.12. The molecule has 0 radical (unpaired) electrons. The van der Waals surface area contributed by atoms with Crippen LogP contribution in [0.15, 0.2) is 12.2 Å². The molecule has 15 heavy (non-hydrogen) atoms. The lowest BCUT2D eigenvalue weighted by molar-refractivity contribution is 0.266. The van der Waals surface area contributed by atoms with E-state index in [0.717, 1.165) is 24.6 Å². The molecule has 0 fully saturated rings. The number of aliphatic hydroxyl groups is 1. The van der Waals surface area contributed by atoms with Gasteiger partial charge in [-0.25, -0.2) is 0 Å². The number of hydrogen-bond donors (Lipinski definition) is 2. The third-order valence-electron chi connectivity index (χ3n) is 2.92. The smallest absolute Gasteiger partial charge is 0.0446 e. The predicted octanol–water partition coefficient (Wildman–Crippen LogP) is 2.05. The quantitative estimate of drug-likeness (QED) is 0.655. The lowest BCUT2D eigenvalue weighted by Gasteiger charge is -2.22. The Bertz CT molecular complexity index is 178. The van der Waals surface area contributed by atoms with Gasteiger partial charge in [-0.2, -0.15) is 11.8 Å². The van der Waals surface area contributed by atoms with Crippen LogP contribution < -0.4 is 5.32 Å². The molecule has 0 aliphatic heterocycles. The molecule has 1 aliphatic carbocycles. The van der Waals surface area contributed by atoms with E-state index in [4.69, 9.17) is 5.11 Å². The van der Waals surface area contributed by atoms with Gasteiger partial charge in [0.1, 0.15) is 0 Å². The minimum Gasteiger partial charge on any atom is -0.396 e. The number of thioether (sulfide) groups is 1. The number of aliphatic hydroxyl groups excluding tert-OH is 1. The van der Waals surface area contributed by atoms with Crippen molar-refractivity contribution >= 4 is 11.8 Å². The Morgan fingerprint density at radius 3 is 3.00 bits per heavy atom. The Hall–Kier alpha value is 0.0100. The molecular weight excluding hydrogens is 206 g/mol. The van der Waals surface area contributed by atoms with Crippen LogP contribution in [0.2, 0.25) is 0 Å². The molecule has 3 heteroatoms. The van der Waals surface area contributed by atoms with Crippen LogP contribution in [-0.2, 0) is 0 Å². The third-order valence-corrected chi connectivity index (χ3v) is 3.65. The van der Waals surface area contributed by atoms with Gasteiger partial charge in [-0.3, -0.25) is 0 Å². The first kappa shape index (κ1) is 13.1. The first-order valence-corrected chi connectivity index (χ1v) is 7.24. The topological polar surface area (TPSA) is 32.3 Å². The van der Waals surface area contributed by atoms with Gasteiger partial charge >= 0.3 is 0 Å². The van der Waals surface area contributed by atoms with Gasteiger partial charge in [-0.05, 0) is 44.4 Å². The van der Waals surface area contributed by atoms with Crippen molar-refractivity contribution in [3.8, 4) is 0 Å². The predicted molar refractivity (Wildman–Crippen MR) is 68.4 cm³/mol. The monoisotopic (exact) mass is 229 g/mol. The van der Waals surface area contributed by atoms with Crippen molar-refractivity contribution in [2.45, 2.75) is 31.7 Å². The van der Waals surface area contributed by atoms with E-state index in [0.29, 0.717) is 12.6 Å². The van der Waals surface area contributed by atoms with Gasteiger partial charge in [0, 0.05) is 18.4 Å². The maximum atomic E-state index is 8.94. The van der Waals surface area contributed by atoms with Crippen LogP contribution in [0.25, 0.3) is 0 Å². The second kappa shape index (κ2) is 8.20. The van der Waals surface area contributed by atoms with Crippen LogP contribution in [0.1, 0.15) is 25.7 Å². The number of rotatable bonds is 7. The maximum Gasteiger partial charge on any atom is 0.0446 e. The summed E-state index contributed by atoms with van der Waals surface area (Å²) in [4.78, 5) is 0. The average Bonchev–Trinajstić information content (AvgIpc) is 2.28. The molecule has 2 unspecified atom stereocenters. The molecule has 0 amide bonds. The van der Waals surface area contributed by atoms with Gasteiger partial charge in [-0.15, -0.1) is 0 Å². The zero-order valence-corrected chi connectivity index (χ0v) is 10.4. The Morgan fingerprint density at radius 1 is 1.53 bits per heavy atom. The second-order valence-corrected chi connectivity index (χ2v) is 5.13. The molecule has 0 saturated heterocycles. The SMILES string of the molecule is CSCC(CCO)NCC1CC=CCC1. The normalized spacial score (nSPS) is 22.9. The highest BCUT2D eigenvalue weighted by Crippen LogP contribution is 2.17.